The zero-order chi connectivity index (χ0) is 6.85. The monoisotopic (exact) mass is 125 g/mol. The van der Waals surface area contributed by atoms with Crippen LogP contribution >= 0.6 is 0 Å². The Hall–Kier alpha value is -0.920. The molecule has 0 amide bonds. The fourth-order valence-electron chi connectivity index (χ4n) is 0.841. The molecule has 1 rings (SSSR count). The minimum absolute atomic E-state index is 0.410. The van der Waals surface area contributed by atoms with Crippen LogP contribution in [0, 0.1) is 0 Å². The number of hydrogen-bond donors (Lipinski definition) is 1. The van der Waals surface area contributed by atoms with Crippen molar-refractivity contribution < 1.29 is 5.11 Å². The summed E-state index contributed by atoms with van der Waals surface area (Å²) in [6, 6.07) is 0. The number of hydrogen-bond acceptors (Lipinski definition) is 2. The van der Waals surface area contributed by atoms with Crippen LogP contribution in [-0.2, 0) is 0 Å². The van der Waals surface area contributed by atoms with Gasteiger partial charge < -0.3 is 10.0 Å². The summed E-state index contributed by atoms with van der Waals surface area (Å²) >= 11 is 0. The van der Waals surface area contributed by atoms with Crippen molar-refractivity contribution in [3.8, 4) is 0 Å². The van der Waals surface area contributed by atoms with Crippen molar-refractivity contribution >= 4 is 0 Å². The van der Waals surface area contributed by atoms with Crippen molar-refractivity contribution in [2.24, 2.45) is 0 Å². The quantitative estimate of drug-likeness (QED) is 0.527. The molecule has 0 saturated heterocycles. The van der Waals surface area contributed by atoms with Gasteiger partial charge in [0, 0.05) is 25.4 Å². The van der Waals surface area contributed by atoms with Gasteiger partial charge in [-0.15, -0.1) is 0 Å². The largest absolute Gasteiger partial charge is 0.508 e. The van der Waals surface area contributed by atoms with Gasteiger partial charge in [-0.3, -0.25) is 0 Å². The second-order valence-electron chi connectivity index (χ2n) is 2.34. The van der Waals surface area contributed by atoms with E-state index in [2.05, 4.69) is 0 Å². The van der Waals surface area contributed by atoms with Gasteiger partial charge in [0.05, 0.1) is 0 Å². The van der Waals surface area contributed by atoms with Gasteiger partial charge in [0.1, 0.15) is 5.76 Å². The maximum atomic E-state index is 9.06. The molecule has 50 valence electrons. The third kappa shape index (κ3) is 1.25. The smallest absolute Gasteiger partial charge is 0.117 e. The summed E-state index contributed by atoms with van der Waals surface area (Å²) < 4.78 is 0. The summed E-state index contributed by atoms with van der Waals surface area (Å²) in [5, 5.41) is 9.06. The average Bonchev–Trinajstić information content (AvgIpc) is 1.80. The Morgan fingerprint density at radius 3 is 2.78 bits per heavy atom. The summed E-state index contributed by atoms with van der Waals surface area (Å²) in [6.07, 6.45) is 3.73. The zero-order valence-corrected chi connectivity index (χ0v) is 5.76. The molecule has 0 radical (unpaired) electrons. The van der Waals surface area contributed by atoms with Crippen LogP contribution in [0.5, 0.6) is 0 Å². The van der Waals surface area contributed by atoms with Crippen LogP contribution in [0.2, 0.25) is 0 Å². The molecular formula is C7H11NO. The lowest BCUT2D eigenvalue weighted by Gasteiger charge is -2.17. The summed E-state index contributed by atoms with van der Waals surface area (Å²) in [7, 11) is 1.98. The van der Waals surface area contributed by atoms with Crippen molar-refractivity contribution in [3.63, 3.8) is 0 Å². The highest BCUT2D eigenvalue weighted by molar-refractivity contribution is 5.25. The fraction of sp³-hybridized carbons (Fsp3) is 0.429. The number of allylic oxidation sites excluding steroid dienone is 1. The predicted molar refractivity (Wildman–Crippen MR) is 37.1 cm³/mol. The lowest BCUT2D eigenvalue weighted by atomic mass is 10.2. The van der Waals surface area contributed by atoms with Gasteiger partial charge in [-0.1, -0.05) is 0 Å². The molecule has 2 heteroatoms. The average molecular weight is 125 g/mol. The first-order valence-corrected chi connectivity index (χ1v) is 2.98. The van der Waals surface area contributed by atoms with E-state index in [9.17, 15) is 0 Å². The van der Waals surface area contributed by atoms with Crippen LogP contribution in [0.4, 0.5) is 0 Å². The Kier molecular flexibility index (Phi) is 1.47. The Morgan fingerprint density at radius 2 is 2.33 bits per heavy atom. The second kappa shape index (κ2) is 2.13. The van der Waals surface area contributed by atoms with Crippen molar-refractivity contribution in [3.05, 3.63) is 23.6 Å². The van der Waals surface area contributed by atoms with Gasteiger partial charge in [0.25, 0.3) is 0 Å². The Bertz CT molecular complexity index is 170. The van der Waals surface area contributed by atoms with Crippen LogP contribution in [0.25, 0.3) is 0 Å². The van der Waals surface area contributed by atoms with E-state index in [0.29, 0.717) is 5.76 Å². The maximum absolute atomic E-state index is 9.06. The Labute approximate surface area is 55.1 Å². The van der Waals surface area contributed by atoms with Crippen molar-refractivity contribution in [2.75, 3.05) is 13.6 Å². The van der Waals surface area contributed by atoms with Gasteiger partial charge in [-0.05, 0) is 13.0 Å². The molecule has 0 fully saturated rings. The van der Waals surface area contributed by atoms with E-state index in [0.717, 1.165) is 12.1 Å². The predicted octanol–water partition coefficient (Wildman–Crippen LogP) is 1.28. The normalized spacial score (nSPS) is 19.1. The Balaban J connectivity index is 2.75. The number of aliphatic hydroxyl groups is 1. The lowest BCUT2D eigenvalue weighted by Crippen LogP contribution is -2.15. The molecular weight excluding hydrogens is 114 g/mol. The summed E-state index contributed by atoms with van der Waals surface area (Å²) in [5.74, 6) is 0.410. The SMILES string of the molecule is CC1=CN(C)CC=C1O. The minimum atomic E-state index is 0.410. The molecule has 0 aromatic rings. The van der Waals surface area contributed by atoms with E-state index >= 15 is 0 Å². The first kappa shape index (κ1) is 6.20. The highest BCUT2D eigenvalue weighted by atomic mass is 16.3. The molecule has 9 heavy (non-hydrogen) atoms. The van der Waals surface area contributed by atoms with Gasteiger partial charge >= 0.3 is 0 Å². The number of rotatable bonds is 0. The second-order valence-corrected chi connectivity index (χ2v) is 2.34. The molecule has 0 spiro atoms. The van der Waals surface area contributed by atoms with Crippen LogP contribution < -0.4 is 0 Å². The van der Waals surface area contributed by atoms with Gasteiger partial charge in [0.15, 0.2) is 0 Å². The van der Waals surface area contributed by atoms with Crippen LogP contribution in [-0.4, -0.2) is 23.6 Å². The molecule has 0 aromatic heterocycles. The van der Waals surface area contributed by atoms with Crippen molar-refractivity contribution in [2.45, 2.75) is 6.92 Å². The van der Waals surface area contributed by atoms with Crippen molar-refractivity contribution in [1.29, 1.82) is 0 Å². The fourth-order valence-corrected chi connectivity index (χ4v) is 0.841. The molecule has 0 atom stereocenters. The van der Waals surface area contributed by atoms with Gasteiger partial charge in [-0.2, -0.15) is 0 Å². The Morgan fingerprint density at radius 1 is 1.67 bits per heavy atom. The molecule has 1 aliphatic heterocycles. The molecule has 0 saturated carbocycles. The van der Waals surface area contributed by atoms with Crippen LogP contribution in [0.15, 0.2) is 23.6 Å². The molecule has 1 aliphatic rings. The third-order valence-corrected chi connectivity index (χ3v) is 1.39. The van der Waals surface area contributed by atoms with Crippen molar-refractivity contribution in [1.82, 2.24) is 4.90 Å². The standard InChI is InChI=1S/C7H11NO/c1-6-5-8(2)4-3-7(6)9/h3,5,9H,4H2,1-2H3. The molecule has 0 bridgehead atoms. The summed E-state index contributed by atoms with van der Waals surface area (Å²) in [4.78, 5) is 2.02. The van der Waals surface area contributed by atoms with Gasteiger partial charge in [0.2, 0.25) is 0 Å². The maximum Gasteiger partial charge on any atom is 0.117 e. The number of likely N-dealkylation sites (N-methyl/N-ethyl adjacent to an activating group) is 1. The molecule has 2 nitrogen and oxygen atoms in total. The van der Waals surface area contributed by atoms with E-state index in [1.54, 1.807) is 6.08 Å². The molecule has 0 aliphatic carbocycles. The summed E-state index contributed by atoms with van der Waals surface area (Å²) in [6.45, 7) is 2.70. The lowest BCUT2D eigenvalue weighted by molar-refractivity contribution is 0.393. The first-order valence-electron chi connectivity index (χ1n) is 2.98. The highest BCUT2D eigenvalue weighted by Gasteiger charge is 2.03. The molecule has 0 unspecified atom stereocenters. The third-order valence-electron chi connectivity index (χ3n) is 1.39. The van der Waals surface area contributed by atoms with E-state index in [4.69, 9.17) is 5.11 Å². The summed E-state index contributed by atoms with van der Waals surface area (Å²) in [5.41, 5.74) is 0.934. The van der Waals surface area contributed by atoms with E-state index < -0.39 is 0 Å². The molecule has 1 heterocycles. The molecule has 0 aromatic carbocycles. The van der Waals surface area contributed by atoms with E-state index in [-0.39, 0.29) is 0 Å². The van der Waals surface area contributed by atoms with Crippen LogP contribution in [0.1, 0.15) is 6.92 Å². The van der Waals surface area contributed by atoms with Crippen LogP contribution in [0.3, 0.4) is 0 Å². The van der Waals surface area contributed by atoms with Gasteiger partial charge in [-0.25, -0.2) is 0 Å². The molecule has 1 N–H and O–H groups in total. The minimum Gasteiger partial charge on any atom is -0.508 e. The number of aliphatic hydroxyl groups excluding tert-OH is 1. The highest BCUT2D eigenvalue weighted by Crippen LogP contribution is 2.10. The first-order chi connectivity index (χ1) is 4.20. The zero-order valence-electron chi connectivity index (χ0n) is 5.76. The van der Waals surface area contributed by atoms with E-state index in [1.165, 1.54) is 0 Å². The van der Waals surface area contributed by atoms with E-state index in [1.807, 2.05) is 25.1 Å². The number of nitrogens with zero attached hydrogens (tertiary/aromatic N) is 1. The topological polar surface area (TPSA) is 23.5 Å².